The maximum atomic E-state index is 11.9. The molecule has 0 atom stereocenters. The summed E-state index contributed by atoms with van der Waals surface area (Å²) in [7, 11) is 1.60. The predicted molar refractivity (Wildman–Crippen MR) is 74.3 cm³/mol. The van der Waals surface area contributed by atoms with Gasteiger partial charge in [-0.25, -0.2) is 0 Å². The van der Waals surface area contributed by atoms with Gasteiger partial charge in [0.2, 0.25) is 0 Å². The van der Waals surface area contributed by atoms with Crippen LogP contribution in [0.3, 0.4) is 0 Å². The van der Waals surface area contributed by atoms with Crippen molar-refractivity contribution >= 4 is 11.8 Å². The van der Waals surface area contributed by atoms with Gasteiger partial charge in [0.25, 0.3) is 0 Å². The third-order valence-electron chi connectivity index (χ3n) is 3.21. The molecule has 2 rings (SSSR count). The molecule has 0 spiro atoms. The lowest BCUT2D eigenvalue weighted by atomic mass is 10.2. The summed E-state index contributed by atoms with van der Waals surface area (Å²) in [5, 5.41) is 5.78. The highest BCUT2D eigenvalue weighted by molar-refractivity contribution is 6.34. The van der Waals surface area contributed by atoms with Crippen LogP contribution in [0.5, 0.6) is 5.75 Å². The Morgan fingerprint density at radius 2 is 1.90 bits per heavy atom. The van der Waals surface area contributed by atoms with E-state index in [9.17, 15) is 9.59 Å². The predicted octanol–water partition coefficient (Wildman–Crippen LogP) is -0.257. The van der Waals surface area contributed by atoms with E-state index in [1.807, 2.05) is 24.3 Å². The Balaban J connectivity index is 1.82. The number of amides is 2. The summed E-state index contributed by atoms with van der Waals surface area (Å²) in [6.07, 6.45) is 0. The molecule has 0 radical (unpaired) electrons. The first-order valence-electron chi connectivity index (χ1n) is 6.61. The quantitative estimate of drug-likeness (QED) is 0.747. The van der Waals surface area contributed by atoms with Gasteiger partial charge in [-0.15, -0.1) is 0 Å². The molecule has 1 saturated heterocycles. The molecule has 108 valence electrons. The Morgan fingerprint density at radius 1 is 1.25 bits per heavy atom. The van der Waals surface area contributed by atoms with Crippen molar-refractivity contribution in [3.8, 4) is 5.75 Å². The van der Waals surface area contributed by atoms with Gasteiger partial charge in [-0.3, -0.25) is 9.59 Å². The third-order valence-corrected chi connectivity index (χ3v) is 3.21. The minimum absolute atomic E-state index is 0.334. The number of piperazine rings is 1. The van der Waals surface area contributed by atoms with Gasteiger partial charge in [0.05, 0.1) is 7.11 Å². The number of hydrogen-bond acceptors (Lipinski definition) is 4. The van der Waals surface area contributed by atoms with Crippen LogP contribution < -0.4 is 15.4 Å². The standard InChI is InChI=1S/C14H19N3O3/c1-20-12-4-2-11(3-5-12)10-16-13(18)14(19)17-8-6-15-7-9-17/h2-5,15H,6-10H2,1H3,(H,16,18). The van der Waals surface area contributed by atoms with Crippen LogP contribution in [0.2, 0.25) is 0 Å². The molecule has 1 aliphatic rings. The Kier molecular flexibility index (Phi) is 4.95. The van der Waals surface area contributed by atoms with Crippen LogP contribution >= 0.6 is 0 Å². The van der Waals surface area contributed by atoms with Crippen molar-refractivity contribution in [1.82, 2.24) is 15.5 Å². The lowest BCUT2D eigenvalue weighted by Crippen LogP contribution is -2.51. The highest BCUT2D eigenvalue weighted by atomic mass is 16.5. The second-order valence-corrected chi connectivity index (χ2v) is 4.57. The van der Waals surface area contributed by atoms with Crippen LogP contribution in [0.1, 0.15) is 5.56 Å². The fraction of sp³-hybridized carbons (Fsp3) is 0.429. The van der Waals surface area contributed by atoms with E-state index in [1.165, 1.54) is 0 Å². The molecule has 0 bridgehead atoms. The fourth-order valence-corrected chi connectivity index (χ4v) is 2.01. The van der Waals surface area contributed by atoms with Crippen LogP contribution in [-0.2, 0) is 16.1 Å². The summed E-state index contributed by atoms with van der Waals surface area (Å²) in [6, 6.07) is 7.35. The van der Waals surface area contributed by atoms with Crippen molar-refractivity contribution in [2.75, 3.05) is 33.3 Å². The van der Waals surface area contributed by atoms with Crippen molar-refractivity contribution in [1.29, 1.82) is 0 Å². The molecule has 20 heavy (non-hydrogen) atoms. The first-order chi connectivity index (χ1) is 9.70. The number of benzene rings is 1. The molecule has 0 saturated carbocycles. The molecule has 6 heteroatoms. The summed E-state index contributed by atoms with van der Waals surface area (Å²) in [6.45, 7) is 2.96. The number of carbonyl (C=O) groups excluding carboxylic acids is 2. The largest absolute Gasteiger partial charge is 0.497 e. The molecule has 1 heterocycles. The van der Waals surface area contributed by atoms with Gasteiger partial charge in [-0.2, -0.15) is 0 Å². The van der Waals surface area contributed by atoms with Gasteiger partial charge >= 0.3 is 11.8 Å². The van der Waals surface area contributed by atoms with Gasteiger partial charge < -0.3 is 20.3 Å². The van der Waals surface area contributed by atoms with E-state index >= 15 is 0 Å². The summed E-state index contributed by atoms with van der Waals surface area (Å²) in [5.74, 6) is -0.250. The van der Waals surface area contributed by atoms with E-state index in [0.29, 0.717) is 19.6 Å². The molecule has 1 aliphatic heterocycles. The zero-order chi connectivity index (χ0) is 14.4. The van der Waals surface area contributed by atoms with E-state index in [1.54, 1.807) is 12.0 Å². The van der Waals surface area contributed by atoms with E-state index in [4.69, 9.17) is 4.74 Å². The van der Waals surface area contributed by atoms with Gasteiger partial charge in [0.1, 0.15) is 5.75 Å². The number of hydrogen-bond donors (Lipinski definition) is 2. The molecule has 0 aromatic heterocycles. The normalized spacial score (nSPS) is 14.8. The Labute approximate surface area is 118 Å². The van der Waals surface area contributed by atoms with E-state index in [-0.39, 0.29) is 0 Å². The number of rotatable bonds is 3. The number of nitrogens with one attached hydrogen (secondary N) is 2. The van der Waals surface area contributed by atoms with Crippen molar-refractivity contribution < 1.29 is 14.3 Å². The summed E-state index contributed by atoms with van der Waals surface area (Å²) >= 11 is 0. The zero-order valence-electron chi connectivity index (χ0n) is 11.5. The molecule has 2 amide bonds. The minimum Gasteiger partial charge on any atom is -0.497 e. The lowest BCUT2D eigenvalue weighted by Gasteiger charge is -2.26. The zero-order valence-corrected chi connectivity index (χ0v) is 11.5. The smallest absolute Gasteiger partial charge is 0.311 e. The monoisotopic (exact) mass is 277 g/mol. The SMILES string of the molecule is COc1ccc(CNC(=O)C(=O)N2CCNCC2)cc1. The second-order valence-electron chi connectivity index (χ2n) is 4.57. The number of methoxy groups -OCH3 is 1. The number of carbonyl (C=O) groups is 2. The molecule has 1 aromatic rings. The van der Waals surface area contributed by atoms with Crippen LogP contribution in [0.4, 0.5) is 0 Å². The summed E-state index contributed by atoms with van der Waals surface area (Å²) in [4.78, 5) is 25.2. The van der Waals surface area contributed by atoms with E-state index in [0.717, 1.165) is 24.4 Å². The summed E-state index contributed by atoms with van der Waals surface area (Å²) < 4.78 is 5.06. The first-order valence-corrected chi connectivity index (χ1v) is 6.61. The molecule has 1 fully saturated rings. The average molecular weight is 277 g/mol. The van der Waals surface area contributed by atoms with Gasteiger partial charge in [0, 0.05) is 32.7 Å². The van der Waals surface area contributed by atoms with Crippen molar-refractivity contribution in [3.05, 3.63) is 29.8 Å². The molecule has 0 unspecified atom stereocenters. The maximum Gasteiger partial charge on any atom is 0.311 e. The second kappa shape index (κ2) is 6.91. The van der Waals surface area contributed by atoms with Gasteiger partial charge in [0.15, 0.2) is 0 Å². The van der Waals surface area contributed by atoms with Crippen molar-refractivity contribution in [3.63, 3.8) is 0 Å². The van der Waals surface area contributed by atoms with Gasteiger partial charge in [-0.1, -0.05) is 12.1 Å². The molecule has 6 nitrogen and oxygen atoms in total. The lowest BCUT2D eigenvalue weighted by molar-refractivity contribution is -0.146. The van der Waals surface area contributed by atoms with Crippen molar-refractivity contribution in [2.24, 2.45) is 0 Å². The van der Waals surface area contributed by atoms with Gasteiger partial charge in [-0.05, 0) is 17.7 Å². The fourth-order valence-electron chi connectivity index (χ4n) is 2.01. The number of ether oxygens (including phenoxy) is 1. The Hall–Kier alpha value is -2.08. The van der Waals surface area contributed by atoms with Crippen LogP contribution in [-0.4, -0.2) is 50.0 Å². The van der Waals surface area contributed by atoms with Crippen LogP contribution in [0.15, 0.2) is 24.3 Å². The van der Waals surface area contributed by atoms with E-state index in [2.05, 4.69) is 10.6 Å². The molecule has 2 N–H and O–H groups in total. The topological polar surface area (TPSA) is 70.7 Å². The van der Waals surface area contributed by atoms with E-state index < -0.39 is 11.8 Å². The maximum absolute atomic E-state index is 11.9. The highest BCUT2D eigenvalue weighted by Crippen LogP contribution is 2.10. The van der Waals surface area contributed by atoms with Crippen LogP contribution in [0, 0.1) is 0 Å². The molecule has 0 aliphatic carbocycles. The molecular weight excluding hydrogens is 258 g/mol. The molecular formula is C14H19N3O3. The third kappa shape index (κ3) is 3.71. The Morgan fingerprint density at radius 3 is 2.50 bits per heavy atom. The highest BCUT2D eigenvalue weighted by Gasteiger charge is 2.22. The first kappa shape index (κ1) is 14.3. The summed E-state index contributed by atoms with van der Waals surface area (Å²) in [5.41, 5.74) is 0.923. The van der Waals surface area contributed by atoms with Crippen molar-refractivity contribution in [2.45, 2.75) is 6.54 Å². The number of nitrogens with zero attached hydrogens (tertiary/aromatic N) is 1. The average Bonchev–Trinajstić information content (AvgIpc) is 2.53. The molecule has 1 aromatic carbocycles. The Bertz CT molecular complexity index is 467. The van der Waals surface area contributed by atoms with Crippen LogP contribution in [0.25, 0.3) is 0 Å². The minimum atomic E-state index is -0.553.